The quantitative estimate of drug-likeness (QED) is 0.390. The molecule has 7 nitrogen and oxygen atoms in total. The molecule has 1 atom stereocenters. The van der Waals surface area contributed by atoms with Gasteiger partial charge in [0.25, 0.3) is 5.69 Å². The van der Waals surface area contributed by atoms with Crippen LogP contribution >= 0.6 is 0 Å². The SMILES string of the molecule is O=C(N/N=C\c1ccc([O-])c([N+](=O)[O-])c1)[C@@H]1CC1(c1ccccc1)c1ccccc1. The number of benzene rings is 3. The zero-order valence-electron chi connectivity index (χ0n) is 15.9. The average molecular weight is 400 g/mol. The number of carbonyl (C=O) groups excluding carboxylic acids is 1. The predicted molar refractivity (Wildman–Crippen MR) is 110 cm³/mol. The predicted octanol–water partition coefficient (Wildman–Crippen LogP) is 3.12. The van der Waals surface area contributed by atoms with Crippen LogP contribution in [0.3, 0.4) is 0 Å². The topological polar surface area (TPSA) is 108 Å². The first-order chi connectivity index (χ1) is 14.5. The molecule has 1 N–H and O–H groups in total. The normalized spacial score (nSPS) is 16.9. The first-order valence-corrected chi connectivity index (χ1v) is 9.42. The van der Waals surface area contributed by atoms with Crippen LogP contribution in [0.25, 0.3) is 0 Å². The Morgan fingerprint density at radius 2 is 1.63 bits per heavy atom. The molecule has 150 valence electrons. The number of rotatable bonds is 6. The Morgan fingerprint density at radius 1 is 1.03 bits per heavy atom. The first kappa shape index (κ1) is 19.3. The van der Waals surface area contributed by atoms with E-state index in [4.69, 9.17) is 0 Å². The summed E-state index contributed by atoms with van der Waals surface area (Å²) >= 11 is 0. The van der Waals surface area contributed by atoms with Crippen LogP contribution in [0.5, 0.6) is 5.75 Å². The monoisotopic (exact) mass is 400 g/mol. The molecular formula is C23H18N3O4-. The van der Waals surface area contributed by atoms with E-state index in [0.717, 1.165) is 23.3 Å². The van der Waals surface area contributed by atoms with Gasteiger partial charge in [-0.15, -0.1) is 0 Å². The Hall–Kier alpha value is -4.00. The molecule has 1 aliphatic carbocycles. The zero-order chi connectivity index (χ0) is 21.1. The third kappa shape index (κ3) is 3.53. The summed E-state index contributed by atoms with van der Waals surface area (Å²) < 4.78 is 0. The van der Waals surface area contributed by atoms with E-state index < -0.39 is 21.8 Å². The summed E-state index contributed by atoms with van der Waals surface area (Å²) in [5.41, 5.74) is 4.11. The molecule has 1 fully saturated rings. The molecule has 30 heavy (non-hydrogen) atoms. The molecule has 0 heterocycles. The third-order valence-corrected chi connectivity index (χ3v) is 5.42. The number of hydrogen-bond donors (Lipinski definition) is 1. The number of hydrogen-bond acceptors (Lipinski definition) is 5. The lowest BCUT2D eigenvalue weighted by molar-refractivity contribution is -0.398. The summed E-state index contributed by atoms with van der Waals surface area (Å²) in [5.74, 6) is -1.18. The highest BCUT2D eigenvalue weighted by molar-refractivity contribution is 5.88. The van der Waals surface area contributed by atoms with Crippen LogP contribution in [0.4, 0.5) is 5.69 Å². The number of nitro groups is 1. The minimum Gasteiger partial charge on any atom is -0.868 e. The molecule has 0 spiro atoms. The summed E-state index contributed by atoms with van der Waals surface area (Å²) in [7, 11) is 0. The number of hydrazone groups is 1. The highest BCUT2D eigenvalue weighted by atomic mass is 16.6. The standard InChI is InChI=1S/C23H19N3O4/c27-21-12-11-16(13-20(21)26(29)30)15-24-25-22(28)19-14-23(19,17-7-3-1-4-8-17)18-9-5-2-6-10-18/h1-13,15,19,27H,14H2,(H,25,28)/p-1/b24-15-/t19-/m0/s1. The van der Waals surface area contributed by atoms with Gasteiger partial charge in [-0.1, -0.05) is 72.8 Å². The van der Waals surface area contributed by atoms with E-state index in [1.54, 1.807) is 0 Å². The van der Waals surface area contributed by atoms with Crippen molar-refractivity contribution < 1.29 is 14.8 Å². The fourth-order valence-corrected chi connectivity index (χ4v) is 3.86. The van der Waals surface area contributed by atoms with Gasteiger partial charge in [0.1, 0.15) is 0 Å². The molecule has 0 bridgehead atoms. The van der Waals surface area contributed by atoms with Gasteiger partial charge in [0.05, 0.1) is 17.1 Å². The van der Waals surface area contributed by atoms with Gasteiger partial charge >= 0.3 is 0 Å². The minimum absolute atomic E-state index is 0.228. The van der Waals surface area contributed by atoms with Gasteiger partial charge in [-0.25, -0.2) is 5.43 Å². The van der Waals surface area contributed by atoms with Crippen LogP contribution in [0.2, 0.25) is 0 Å². The second kappa shape index (κ2) is 7.79. The second-order valence-corrected chi connectivity index (χ2v) is 7.18. The van der Waals surface area contributed by atoms with E-state index in [1.165, 1.54) is 12.3 Å². The first-order valence-electron chi connectivity index (χ1n) is 9.42. The van der Waals surface area contributed by atoms with Crippen LogP contribution in [0.15, 0.2) is 84.0 Å². The highest BCUT2D eigenvalue weighted by Gasteiger charge is 2.60. The fraction of sp³-hybridized carbons (Fsp3) is 0.130. The van der Waals surface area contributed by atoms with Gasteiger partial charge in [0.2, 0.25) is 5.91 Å². The van der Waals surface area contributed by atoms with Crippen molar-refractivity contribution in [3.05, 3.63) is 106 Å². The Morgan fingerprint density at radius 3 is 2.20 bits per heavy atom. The van der Waals surface area contributed by atoms with E-state index in [0.29, 0.717) is 12.0 Å². The van der Waals surface area contributed by atoms with E-state index in [2.05, 4.69) is 10.5 Å². The van der Waals surface area contributed by atoms with Crippen LogP contribution in [0, 0.1) is 16.0 Å². The van der Waals surface area contributed by atoms with E-state index in [-0.39, 0.29) is 11.8 Å². The number of nitro benzene ring substituents is 1. The molecule has 1 amide bonds. The van der Waals surface area contributed by atoms with Crippen molar-refractivity contribution in [1.82, 2.24) is 5.43 Å². The van der Waals surface area contributed by atoms with Crippen molar-refractivity contribution in [2.75, 3.05) is 0 Å². The molecule has 7 heteroatoms. The van der Waals surface area contributed by atoms with E-state index in [9.17, 15) is 20.0 Å². The van der Waals surface area contributed by atoms with Gasteiger partial charge < -0.3 is 5.11 Å². The Labute approximate surface area is 172 Å². The maximum absolute atomic E-state index is 12.8. The number of amides is 1. The number of carbonyl (C=O) groups is 1. The number of nitrogens with zero attached hydrogens (tertiary/aromatic N) is 2. The molecule has 1 aliphatic rings. The molecule has 0 aromatic heterocycles. The second-order valence-electron chi connectivity index (χ2n) is 7.18. The molecule has 3 aromatic carbocycles. The lowest BCUT2D eigenvalue weighted by Crippen LogP contribution is -2.25. The molecule has 0 saturated heterocycles. The summed E-state index contributed by atoms with van der Waals surface area (Å²) in [5, 5.41) is 26.3. The maximum Gasteiger partial charge on any atom is 0.262 e. The summed E-state index contributed by atoms with van der Waals surface area (Å²) in [6, 6.07) is 23.4. The minimum atomic E-state index is -0.740. The van der Waals surface area contributed by atoms with Crippen molar-refractivity contribution in [3.8, 4) is 5.75 Å². The van der Waals surface area contributed by atoms with Gasteiger partial charge in [0, 0.05) is 17.0 Å². The maximum atomic E-state index is 12.8. The van der Waals surface area contributed by atoms with E-state index in [1.807, 2.05) is 60.7 Å². The van der Waals surface area contributed by atoms with Gasteiger partial charge in [-0.3, -0.25) is 14.9 Å². The molecule has 0 unspecified atom stereocenters. The van der Waals surface area contributed by atoms with Crippen molar-refractivity contribution in [2.24, 2.45) is 11.0 Å². The molecular weight excluding hydrogens is 382 g/mol. The van der Waals surface area contributed by atoms with Crippen molar-refractivity contribution in [1.29, 1.82) is 0 Å². The van der Waals surface area contributed by atoms with Crippen molar-refractivity contribution in [3.63, 3.8) is 0 Å². The van der Waals surface area contributed by atoms with Gasteiger partial charge in [-0.2, -0.15) is 5.10 Å². The highest BCUT2D eigenvalue weighted by Crippen LogP contribution is 2.58. The molecule has 3 aromatic rings. The van der Waals surface area contributed by atoms with Gasteiger partial charge in [-0.05, 0) is 23.3 Å². The summed E-state index contributed by atoms with van der Waals surface area (Å²) in [6.45, 7) is 0. The number of nitrogens with one attached hydrogen (secondary N) is 1. The largest absolute Gasteiger partial charge is 0.868 e. The van der Waals surface area contributed by atoms with Gasteiger partial charge in [0.15, 0.2) is 0 Å². The molecule has 0 aliphatic heterocycles. The van der Waals surface area contributed by atoms with Crippen molar-refractivity contribution >= 4 is 17.8 Å². The van der Waals surface area contributed by atoms with Crippen molar-refractivity contribution in [2.45, 2.75) is 11.8 Å². The van der Waals surface area contributed by atoms with Crippen LogP contribution in [-0.2, 0) is 10.2 Å². The van der Waals surface area contributed by atoms with Crippen LogP contribution in [0.1, 0.15) is 23.1 Å². The Bertz CT molecular complexity index is 1070. The zero-order valence-corrected chi connectivity index (χ0v) is 15.9. The lowest BCUT2D eigenvalue weighted by atomic mass is 9.85. The van der Waals surface area contributed by atoms with E-state index >= 15 is 0 Å². The molecule has 4 rings (SSSR count). The summed E-state index contributed by atoms with van der Waals surface area (Å²) in [6.07, 6.45) is 1.96. The summed E-state index contributed by atoms with van der Waals surface area (Å²) in [4.78, 5) is 23.0. The Kier molecular flexibility index (Phi) is 5.02. The van der Waals surface area contributed by atoms with Crippen LogP contribution < -0.4 is 10.5 Å². The molecule has 0 radical (unpaired) electrons. The Balaban J connectivity index is 1.52. The average Bonchev–Trinajstić information content (AvgIpc) is 3.53. The smallest absolute Gasteiger partial charge is 0.262 e. The molecule has 1 saturated carbocycles. The lowest BCUT2D eigenvalue weighted by Gasteiger charge is -2.18. The fourth-order valence-electron chi connectivity index (χ4n) is 3.86. The third-order valence-electron chi connectivity index (χ3n) is 5.42. The van der Waals surface area contributed by atoms with Crippen LogP contribution in [-0.4, -0.2) is 17.0 Å².